The van der Waals surface area contributed by atoms with Crippen LogP contribution < -0.4 is 0 Å². The molecule has 74 valence electrons. The molecule has 0 saturated heterocycles. The summed E-state index contributed by atoms with van der Waals surface area (Å²) < 4.78 is 21.6. The van der Waals surface area contributed by atoms with Gasteiger partial charge in [0.15, 0.2) is 0 Å². The molecule has 14 heavy (non-hydrogen) atoms. The highest BCUT2D eigenvalue weighted by atomic mass is 35.7. The SMILES string of the molecule is N#Cc1cc(O)c(S(=O)(=O)Cl)cc1O. The average Bonchev–Trinajstić information content (AvgIpc) is 2.06. The summed E-state index contributed by atoms with van der Waals surface area (Å²) in [4.78, 5) is -0.629. The first kappa shape index (κ1) is 10.6. The van der Waals surface area contributed by atoms with Crippen molar-refractivity contribution in [3.63, 3.8) is 0 Å². The van der Waals surface area contributed by atoms with Gasteiger partial charge >= 0.3 is 0 Å². The monoisotopic (exact) mass is 233 g/mol. The summed E-state index contributed by atoms with van der Waals surface area (Å²) in [7, 11) is 0.821. The van der Waals surface area contributed by atoms with E-state index in [-0.39, 0.29) is 5.56 Å². The number of halogens is 1. The maximum Gasteiger partial charge on any atom is 0.265 e. The molecule has 0 unspecified atom stereocenters. The van der Waals surface area contributed by atoms with E-state index >= 15 is 0 Å². The van der Waals surface area contributed by atoms with Crippen molar-refractivity contribution in [2.45, 2.75) is 4.90 Å². The second-order valence-electron chi connectivity index (χ2n) is 2.39. The second-order valence-corrected chi connectivity index (χ2v) is 4.92. The fourth-order valence-electron chi connectivity index (χ4n) is 0.842. The lowest BCUT2D eigenvalue weighted by molar-refractivity contribution is 0.445. The minimum absolute atomic E-state index is 0.230. The van der Waals surface area contributed by atoms with Gasteiger partial charge in [0.25, 0.3) is 9.05 Å². The number of rotatable bonds is 1. The van der Waals surface area contributed by atoms with E-state index < -0.39 is 25.4 Å². The van der Waals surface area contributed by atoms with Crippen molar-refractivity contribution >= 4 is 19.7 Å². The fourth-order valence-corrected chi connectivity index (χ4v) is 1.77. The van der Waals surface area contributed by atoms with Crippen LogP contribution in [0.4, 0.5) is 0 Å². The van der Waals surface area contributed by atoms with E-state index in [1.807, 2.05) is 0 Å². The predicted octanol–water partition coefficient (Wildman–Crippen LogP) is 0.897. The lowest BCUT2D eigenvalue weighted by Crippen LogP contribution is -1.92. The molecule has 0 spiro atoms. The summed E-state index contributed by atoms with van der Waals surface area (Å²) in [5.41, 5.74) is -0.230. The van der Waals surface area contributed by atoms with E-state index in [0.29, 0.717) is 0 Å². The van der Waals surface area contributed by atoms with Gasteiger partial charge < -0.3 is 10.2 Å². The maximum absolute atomic E-state index is 10.8. The number of hydrogen-bond donors (Lipinski definition) is 2. The molecular weight excluding hydrogens is 230 g/mol. The molecule has 1 rings (SSSR count). The lowest BCUT2D eigenvalue weighted by Gasteiger charge is -2.02. The average molecular weight is 234 g/mol. The highest BCUT2D eigenvalue weighted by Gasteiger charge is 2.18. The Morgan fingerprint density at radius 1 is 1.29 bits per heavy atom. The van der Waals surface area contributed by atoms with Crippen LogP contribution in [0.1, 0.15) is 5.56 Å². The molecular formula is C7H4ClNO4S. The number of aromatic hydroxyl groups is 2. The molecule has 0 radical (unpaired) electrons. The lowest BCUT2D eigenvalue weighted by atomic mass is 10.2. The van der Waals surface area contributed by atoms with Crippen LogP contribution >= 0.6 is 10.7 Å². The van der Waals surface area contributed by atoms with Crippen LogP contribution in [0.25, 0.3) is 0 Å². The van der Waals surface area contributed by atoms with Gasteiger partial charge in [0.2, 0.25) is 0 Å². The quantitative estimate of drug-likeness (QED) is 0.555. The Kier molecular flexibility index (Phi) is 2.55. The smallest absolute Gasteiger partial charge is 0.265 e. The van der Waals surface area contributed by atoms with Gasteiger partial charge in [-0.15, -0.1) is 0 Å². The van der Waals surface area contributed by atoms with Crippen LogP contribution in [0.2, 0.25) is 0 Å². The first-order valence-corrected chi connectivity index (χ1v) is 5.58. The van der Waals surface area contributed by atoms with Crippen LogP contribution in [0.3, 0.4) is 0 Å². The van der Waals surface area contributed by atoms with E-state index in [1.54, 1.807) is 6.07 Å². The molecule has 0 fully saturated rings. The maximum atomic E-state index is 10.8. The Morgan fingerprint density at radius 3 is 2.29 bits per heavy atom. The fraction of sp³-hybridized carbons (Fsp3) is 0. The van der Waals surface area contributed by atoms with Gasteiger partial charge in [-0.2, -0.15) is 5.26 Å². The minimum atomic E-state index is -4.13. The number of nitriles is 1. The van der Waals surface area contributed by atoms with E-state index in [0.717, 1.165) is 12.1 Å². The molecule has 2 N–H and O–H groups in total. The summed E-state index contributed by atoms with van der Waals surface area (Å²) in [6.45, 7) is 0. The zero-order chi connectivity index (χ0) is 10.9. The number of hydrogen-bond acceptors (Lipinski definition) is 5. The second kappa shape index (κ2) is 3.36. The number of benzene rings is 1. The molecule has 0 aliphatic carbocycles. The minimum Gasteiger partial charge on any atom is -0.507 e. The third-order valence-corrected chi connectivity index (χ3v) is 2.81. The number of nitrogens with zero attached hydrogens (tertiary/aromatic N) is 1. The van der Waals surface area contributed by atoms with Gasteiger partial charge in [-0.3, -0.25) is 0 Å². The summed E-state index contributed by atoms with van der Waals surface area (Å²) in [6, 6.07) is 3.11. The molecule has 0 heterocycles. The molecule has 0 aromatic heterocycles. The van der Waals surface area contributed by atoms with Crippen LogP contribution in [0, 0.1) is 11.3 Å². The molecule has 0 aliphatic rings. The molecule has 1 aromatic carbocycles. The van der Waals surface area contributed by atoms with Crippen LogP contribution in [-0.4, -0.2) is 18.6 Å². The molecule has 5 nitrogen and oxygen atoms in total. The normalized spacial score (nSPS) is 10.9. The van der Waals surface area contributed by atoms with Gasteiger partial charge in [-0.05, 0) is 0 Å². The van der Waals surface area contributed by atoms with Crippen molar-refractivity contribution in [1.82, 2.24) is 0 Å². The summed E-state index contributed by atoms with van der Waals surface area (Å²) >= 11 is 0. The molecule has 1 aromatic rings. The number of phenols is 2. The van der Waals surface area contributed by atoms with Crippen LogP contribution in [-0.2, 0) is 9.05 Å². The highest BCUT2D eigenvalue weighted by Crippen LogP contribution is 2.31. The summed E-state index contributed by atoms with van der Waals surface area (Å²) in [5.74, 6) is -1.22. The van der Waals surface area contributed by atoms with Crippen molar-refractivity contribution < 1.29 is 18.6 Å². The van der Waals surface area contributed by atoms with Crippen molar-refractivity contribution in [1.29, 1.82) is 5.26 Å². The van der Waals surface area contributed by atoms with E-state index in [9.17, 15) is 8.42 Å². The topological polar surface area (TPSA) is 98.4 Å². The Bertz CT molecular complexity index is 517. The molecule has 0 aliphatic heterocycles. The van der Waals surface area contributed by atoms with Crippen LogP contribution in [0.15, 0.2) is 17.0 Å². The van der Waals surface area contributed by atoms with Gasteiger partial charge in [-0.1, -0.05) is 0 Å². The zero-order valence-electron chi connectivity index (χ0n) is 6.60. The van der Waals surface area contributed by atoms with E-state index in [2.05, 4.69) is 0 Å². The van der Waals surface area contributed by atoms with Gasteiger partial charge in [0, 0.05) is 22.8 Å². The van der Waals surface area contributed by atoms with Crippen molar-refractivity contribution in [3.05, 3.63) is 17.7 Å². The Labute approximate surface area is 84.2 Å². The summed E-state index contributed by atoms with van der Waals surface area (Å²) in [6.07, 6.45) is 0. The Balaban J connectivity index is 3.54. The highest BCUT2D eigenvalue weighted by molar-refractivity contribution is 8.13. The first-order chi connectivity index (χ1) is 6.36. The van der Waals surface area contributed by atoms with Gasteiger partial charge in [0.1, 0.15) is 22.5 Å². The third kappa shape index (κ3) is 1.89. The number of phenolic OH excluding ortho intramolecular Hbond substituents is 2. The zero-order valence-corrected chi connectivity index (χ0v) is 8.17. The summed E-state index contributed by atoms with van der Waals surface area (Å²) in [5, 5.41) is 26.7. The van der Waals surface area contributed by atoms with E-state index in [1.165, 1.54) is 0 Å². The molecule has 0 bridgehead atoms. The standard InChI is InChI=1S/C7H4ClNO4S/c8-14(12,13)7-2-5(10)4(3-9)1-6(7)11/h1-2,10-11H. The van der Waals surface area contributed by atoms with Gasteiger partial charge in [-0.25, -0.2) is 8.42 Å². The van der Waals surface area contributed by atoms with Crippen molar-refractivity contribution in [2.24, 2.45) is 0 Å². The molecule has 0 amide bonds. The molecule has 0 saturated carbocycles. The Morgan fingerprint density at radius 2 is 1.86 bits per heavy atom. The van der Waals surface area contributed by atoms with Gasteiger partial charge in [0.05, 0.1) is 5.56 Å². The van der Waals surface area contributed by atoms with Crippen molar-refractivity contribution in [2.75, 3.05) is 0 Å². The third-order valence-electron chi connectivity index (χ3n) is 1.46. The van der Waals surface area contributed by atoms with Crippen LogP contribution in [0.5, 0.6) is 11.5 Å². The first-order valence-electron chi connectivity index (χ1n) is 3.27. The Hall–Kier alpha value is -1.45. The van der Waals surface area contributed by atoms with E-state index in [4.69, 9.17) is 26.2 Å². The molecule has 7 heteroatoms. The molecule has 0 atom stereocenters. The predicted molar refractivity (Wildman–Crippen MR) is 47.5 cm³/mol. The largest absolute Gasteiger partial charge is 0.507 e. The van der Waals surface area contributed by atoms with Crippen molar-refractivity contribution in [3.8, 4) is 17.6 Å².